The molecule has 1 saturated carbocycles. The van der Waals surface area contributed by atoms with Crippen LogP contribution in [-0.2, 0) is 0 Å². The van der Waals surface area contributed by atoms with Crippen molar-refractivity contribution in [3.05, 3.63) is 41.6 Å². The minimum Gasteiger partial charge on any atom is -0.403 e. The van der Waals surface area contributed by atoms with E-state index >= 15 is 0 Å². The summed E-state index contributed by atoms with van der Waals surface area (Å²) >= 11 is 0. The Kier molecular flexibility index (Phi) is 4.29. The number of halogens is 2. The third-order valence-electron chi connectivity index (χ3n) is 5.14. The van der Waals surface area contributed by atoms with Crippen molar-refractivity contribution in [3.8, 4) is 0 Å². The van der Waals surface area contributed by atoms with Crippen LogP contribution in [-0.4, -0.2) is 22.1 Å². The summed E-state index contributed by atoms with van der Waals surface area (Å²) in [6.07, 6.45) is 1.66. The number of nitrogens with zero attached hydrogens (tertiary/aromatic N) is 1. The van der Waals surface area contributed by atoms with Crippen LogP contribution in [0.2, 0.25) is 0 Å². The number of hydrogen-bond acceptors (Lipinski definition) is 4. The van der Waals surface area contributed by atoms with E-state index in [2.05, 4.69) is 0 Å². The monoisotopic (exact) mass is 323 g/mol. The zero-order valence-electron chi connectivity index (χ0n) is 13.0. The Balaban J connectivity index is 1.73. The number of alkyl halides is 2. The average Bonchev–Trinajstić information content (AvgIpc) is 2.79. The van der Waals surface area contributed by atoms with Crippen LogP contribution in [0.5, 0.6) is 0 Å². The molecule has 1 aromatic rings. The summed E-state index contributed by atoms with van der Waals surface area (Å²) in [6.45, 7) is 0. The molecular weight excluding hydrogens is 300 g/mol. The van der Waals surface area contributed by atoms with E-state index in [-0.39, 0.29) is 24.8 Å². The van der Waals surface area contributed by atoms with Gasteiger partial charge >= 0.3 is 0 Å². The van der Waals surface area contributed by atoms with Gasteiger partial charge in [0, 0.05) is 24.6 Å². The Labute approximate surface area is 134 Å². The third-order valence-corrected chi connectivity index (χ3v) is 5.14. The molecule has 4 nitrogen and oxygen atoms in total. The fourth-order valence-corrected chi connectivity index (χ4v) is 3.76. The van der Waals surface area contributed by atoms with Crippen LogP contribution < -0.4 is 11.6 Å². The van der Waals surface area contributed by atoms with Gasteiger partial charge in [0.05, 0.1) is 17.8 Å². The van der Waals surface area contributed by atoms with Crippen LogP contribution in [0.1, 0.15) is 49.3 Å². The maximum Gasteiger partial charge on any atom is 0.248 e. The maximum absolute atomic E-state index is 13.3. The van der Waals surface area contributed by atoms with Crippen LogP contribution >= 0.6 is 0 Å². The molecule has 126 valence electrons. The summed E-state index contributed by atoms with van der Waals surface area (Å²) in [5.74, 6) is 3.48. The number of aliphatic hydroxyl groups is 1. The van der Waals surface area contributed by atoms with Crippen LogP contribution in [0.25, 0.3) is 5.70 Å². The van der Waals surface area contributed by atoms with Gasteiger partial charge in [-0.1, -0.05) is 24.3 Å². The second-order valence-corrected chi connectivity index (χ2v) is 6.56. The van der Waals surface area contributed by atoms with Crippen molar-refractivity contribution in [1.29, 1.82) is 0 Å². The third kappa shape index (κ3) is 3.05. The number of fused-ring (bicyclic) bond motifs is 1. The molecular formula is C17H23F2N3O. The zero-order chi connectivity index (χ0) is 16.6. The van der Waals surface area contributed by atoms with E-state index in [1.54, 1.807) is 5.01 Å². The fourth-order valence-electron chi connectivity index (χ4n) is 3.76. The highest BCUT2D eigenvalue weighted by molar-refractivity contribution is 5.71. The molecule has 0 saturated heterocycles. The number of rotatable bonds is 3. The van der Waals surface area contributed by atoms with E-state index in [0.717, 1.165) is 16.8 Å². The quantitative estimate of drug-likeness (QED) is 0.748. The number of benzene rings is 1. The van der Waals surface area contributed by atoms with Gasteiger partial charge in [-0.15, -0.1) is 0 Å². The van der Waals surface area contributed by atoms with Crippen LogP contribution in [0.4, 0.5) is 8.78 Å². The van der Waals surface area contributed by atoms with Gasteiger partial charge in [0.2, 0.25) is 5.92 Å². The van der Waals surface area contributed by atoms with Gasteiger partial charge in [-0.05, 0) is 30.7 Å². The molecule has 2 atom stereocenters. The highest BCUT2D eigenvalue weighted by atomic mass is 19.3. The molecule has 6 heteroatoms. The lowest BCUT2D eigenvalue weighted by Gasteiger charge is -2.33. The Hall–Kier alpha value is -1.66. The molecule has 2 aliphatic rings. The molecule has 0 bridgehead atoms. The van der Waals surface area contributed by atoms with Gasteiger partial charge in [-0.3, -0.25) is 0 Å². The van der Waals surface area contributed by atoms with E-state index < -0.39 is 12.0 Å². The summed E-state index contributed by atoms with van der Waals surface area (Å²) in [7, 11) is 0. The number of nitrogens with two attached hydrogens (primary N) is 2. The van der Waals surface area contributed by atoms with Gasteiger partial charge in [-0.2, -0.15) is 0 Å². The Morgan fingerprint density at radius 1 is 1.30 bits per heavy atom. The maximum atomic E-state index is 13.3. The van der Waals surface area contributed by atoms with Crippen molar-refractivity contribution >= 4 is 5.70 Å². The van der Waals surface area contributed by atoms with Crippen LogP contribution in [0.3, 0.4) is 0 Å². The molecule has 1 aromatic carbocycles. The second kappa shape index (κ2) is 6.09. The van der Waals surface area contributed by atoms with E-state index in [0.29, 0.717) is 19.3 Å². The topological polar surface area (TPSA) is 75.5 Å². The highest BCUT2D eigenvalue weighted by Crippen LogP contribution is 2.44. The molecule has 0 spiro atoms. The van der Waals surface area contributed by atoms with Crippen LogP contribution in [0, 0.1) is 5.92 Å². The summed E-state index contributed by atoms with van der Waals surface area (Å²) in [5, 5.41) is 12.1. The first-order valence-electron chi connectivity index (χ1n) is 8.04. The van der Waals surface area contributed by atoms with Gasteiger partial charge < -0.3 is 15.8 Å². The summed E-state index contributed by atoms with van der Waals surface area (Å²) in [4.78, 5) is 0. The van der Waals surface area contributed by atoms with Crippen molar-refractivity contribution in [2.45, 2.75) is 50.2 Å². The van der Waals surface area contributed by atoms with Crippen molar-refractivity contribution < 1.29 is 13.9 Å². The molecule has 1 fully saturated rings. The number of aliphatic hydroxyl groups excluding tert-OH is 1. The minimum atomic E-state index is -2.58. The van der Waals surface area contributed by atoms with Gasteiger partial charge in [0.1, 0.15) is 0 Å². The standard InChI is InChI=1S/C17H23F2N3O/c18-17(19)7-5-11(6-8-17)16(23)9-14-12-3-1-2-4-13(12)15(10-20)22(14)21/h1-4,10-11,14,16,23H,5-9,20-21H2/b15-10-. The first-order chi connectivity index (χ1) is 10.9. The highest BCUT2D eigenvalue weighted by Gasteiger charge is 2.39. The molecule has 1 heterocycles. The van der Waals surface area contributed by atoms with Crippen LogP contribution in [0.15, 0.2) is 30.5 Å². The molecule has 0 amide bonds. The van der Waals surface area contributed by atoms with Crippen molar-refractivity contribution in [2.75, 3.05) is 0 Å². The molecule has 0 radical (unpaired) electrons. The lowest BCUT2D eigenvalue weighted by molar-refractivity contribution is -0.0649. The molecule has 5 N–H and O–H groups in total. The Bertz CT molecular complexity index is 595. The zero-order valence-corrected chi connectivity index (χ0v) is 13.0. The van der Waals surface area contributed by atoms with Crippen molar-refractivity contribution in [3.63, 3.8) is 0 Å². The smallest absolute Gasteiger partial charge is 0.248 e. The summed E-state index contributed by atoms with van der Waals surface area (Å²) < 4.78 is 26.5. The predicted octanol–water partition coefficient (Wildman–Crippen LogP) is 2.75. The SMILES string of the molecule is N/C=C1/c2ccccc2C(CC(O)C2CCC(F)(F)CC2)N1N. The average molecular weight is 323 g/mol. The van der Waals surface area contributed by atoms with E-state index in [4.69, 9.17) is 11.6 Å². The van der Waals surface area contributed by atoms with Crippen molar-refractivity contribution in [1.82, 2.24) is 5.01 Å². The lowest BCUT2D eigenvalue weighted by Crippen LogP contribution is -2.35. The van der Waals surface area contributed by atoms with E-state index in [9.17, 15) is 13.9 Å². The van der Waals surface area contributed by atoms with Gasteiger partial charge in [-0.25, -0.2) is 14.6 Å². The van der Waals surface area contributed by atoms with Gasteiger partial charge in [0.15, 0.2) is 0 Å². The van der Waals surface area contributed by atoms with Crippen molar-refractivity contribution in [2.24, 2.45) is 17.5 Å². The first-order valence-corrected chi connectivity index (χ1v) is 8.04. The summed E-state index contributed by atoms with van der Waals surface area (Å²) in [6, 6.07) is 7.57. The molecule has 1 aliphatic carbocycles. The summed E-state index contributed by atoms with van der Waals surface area (Å²) in [5.41, 5.74) is 8.39. The largest absolute Gasteiger partial charge is 0.403 e. The minimum absolute atomic E-state index is 0.0962. The van der Waals surface area contributed by atoms with E-state index in [1.807, 2.05) is 24.3 Å². The fraction of sp³-hybridized carbons (Fsp3) is 0.529. The molecule has 1 aliphatic heterocycles. The van der Waals surface area contributed by atoms with E-state index in [1.165, 1.54) is 6.20 Å². The second-order valence-electron chi connectivity index (χ2n) is 6.56. The van der Waals surface area contributed by atoms with Gasteiger partial charge in [0.25, 0.3) is 0 Å². The molecule has 0 aromatic heterocycles. The molecule has 2 unspecified atom stereocenters. The molecule has 3 rings (SSSR count). The number of hydrogen-bond donors (Lipinski definition) is 3. The number of hydrazine groups is 1. The normalized spacial score (nSPS) is 27.2. The lowest BCUT2D eigenvalue weighted by atomic mass is 9.81. The molecule has 23 heavy (non-hydrogen) atoms. The first kappa shape index (κ1) is 16.2. The Morgan fingerprint density at radius 3 is 2.61 bits per heavy atom. The predicted molar refractivity (Wildman–Crippen MR) is 84.9 cm³/mol. The Morgan fingerprint density at radius 2 is 1.96 bits per heavy atom.